The second kappa shape index (κ2) is 8.49. The fraction of sp³-hybridized carbons (Fsp3) is 0.368. The minimum absolute atomic E-state index is 0.0532. The van der Waals surface area contributed by atoms with Crippen LogP contribution in [0.4, 0.5) is 0 Å². The molecule has 0 spiro atoms. The number of methoxy groups -OCH3 is 1. The van der Waals surface area contributed by atoms with Crippen molar-refractivity contribution in [2.75, 3.05) is 20.2 Å². The van der Waals surface area contributed by atoms with Gasteiger partial charge in [0, 0.05) is 37.8 Å². The van der Waals surface area contributed by atoms with E-state index < -0.39 is 10.0 Å². The van der Waals surface area contributed by atoms with Gasteiger partial charge in [-0.3, -0.25) is 4.79 Å². The molecule has 8 heteroatoms. The van der Waals surface area contributed by atoms with Crippen molar-refractivity contribution in [3.8, 4) is 5.88 Å². The van der Waals surface area contributed by atoms with Crippen molar-refractivity contribution in [3.63, 3.8) is 0 Å². The summed E-state index contributed by atoms with van der Waals surface area (Å²) in [6.45, 7) is 1.08. The average molecular weight is 389 g/mol. The standard InChI is InChI=1S/C19H23N3O4S/c1-26-18-13-15(7-10-20-18)14-21-19(23)16-8-11-22(12-9-16)27(24,25)17-5-3-2-4-6-17/h2-7,10,13,16H,8-9,11-12,14H2,1H3,(H,21,23). The number of benzene rings is 1. The summed E-state index contributed by atoms with van der Waals surface area (Å²) in [7, 11) is -1.95. The van der Waals surface area contributed by atoms with Crippen molar-refractivity contribution >= 4 is 15.9 Å². The minimum atomic E-state index is -3.49. The number of carbonyl (C=O) groups excluding carboxylic acids is 1. The van der Waals surface area contributed by atoms with E-state index in [1.807, 2.05) is 6.07 Å². The number of aromatic nitrogens is 1. The van der Waals surface area contributed by atoms with Crippen LogP contribution in [-0.2, 0) is 21.4 Å². The zero-order valence-corrected chi connectivity index (χ0v) is 16.0. The molecule has 0 atom stereocenters. The lowest BCUT2D eigenvalue weighted by atomic mass is 9.97. The Labute approximate surface area is 159 Å². The lowest BCUT2D eigenvalue weighted by Crippen LogP contribution is -2.42. The topological polar surface area (TPSA) is 88.6 Å². The van der Waals surface area contributed by atoms with E-state index in [1.54, 1.807) is 49.7 Å². The largest absolute Gasteiger partial charge is 0.481 e. The quantitative estimate of drug-likeness (QED) is 0.814. The second-order valence-corrected chi connectivity index (χ2v) is 8.35. The first-order chi connectivity index (χ1) is 13.0. The molecule has 0 aliphatic carbocycles. The highest BCUT2D eigenvalue weighted by atomic mass is 32.2. The second-order valence-electron chi connectivity index (χ2n) is 6.42. The van der Waals surface area contributed by atoms with Crippen molar-refractivity contribution < 1.29 is 17.9 Å². The van der Waals surface area contributed by atoms with Crippen LogP contribution in [0.1, 0.15) is 18.4 Å². The van der Waals surface area contributed by atoms with Crippen LogP contribution in [0.25, 0.3) is 0 Å². The Morgan fingerprint density at radius 3 is 2.59 bits per heavy atom. The van der Waals surface area contributed by atoms with Crippen LogP contribution in [0.3, 0.4) is 0 Å². The SMILES string of the molecule is COc1cc(CNC(=O)C2CCN(S(=O)(=O)c3ccccc3)CC2)ccn1. The zero-order valence-electron chi connectivity index (χ0n) is 15.2. The number of hydrogen-bond donors (Lipinski definition) is 1. The molecule has 2 heterocycles. The Bertz CT molecular complexity index is 879. The molecule has 3 rings (SSSR count). The Kier molecular flexibility index (Phi) is 6.08. The zero-order chi connectivity index (χ0) is 19.3. The molecule has 1 aromatic heterocycles. The van der Waals surface area contributed by atoms with Crippen molar-refractivity contribution in [2.45, 2.75) is 24.3 Å². The van der Waals surface area contributed by atoms with Crippen molar-refractivity contribution in [1.82, 2.24) is 14.6 Å². The number of nitrogens with one attached hydrogen (secondary N) is 1. The molecule has 0 saturated carbocycles. The predicted octanol–water partition coefficient (Wildman–Crippen LogP) is 1.81. The maximum absolute atomic E-state index is 12.6. The number of rotatable bonds is 6. The molecular weight excluding hydrogens is 366 g/mol. The van der Waals surface area contributed by atoms with Crippen molar-refractivity contribution in [1.29, 1.82) is 0 Å². The van der Waals surface area contributed by atoms with Gasteiger partial charge in [-0.15, -0.1) is 0 Å². The number of sulfonamides is 1. The molecule has 1 aliphatic rings. The summed E-state index contributed by atoms with van der Waals surface area (Å²) >= 11 is 0. The maximum Gasteiger partial charge on any atom is 0.243 e. The Morgan fingerprint density at radius 1 is 1.22 bits per heavy atom. The van der Waals surface area contributed by atoms with E-state index in [1.165, 1.54) is 4.31 Å². The third-order valence-corrected chi connectivity index (χ3v) is 6.59. The molecule has 0 bridgehead atoms. The van der Waals surface area contributed by atoms with E-state index in [4.69, 9.17) is 4.74 Å². The van der Waals surface area contributed by atoms with E-state index in [9.17, 15) is 13.2 Å². The molecule has 1 aliphatic heterocycles. The molecule has 2 aromatic rings. The lowest BCUT2D eigenvalue weighted by Gasteiger charge is -2.30. The molecule has 0 unspecified atom stereocenters. The molecular formula is C19H23N3O4S. The van der Waals surface area contributed by atoms with Crippen LogP contribution in [0.15, 0.2) is 53.6 Å². The molecule has 144 valence electrons. The summed E-state index contributed by atoms with van der Waals surface area (Å²) in [4.78, 5) is 16.8. The van der Waals surface area contributed by atoms with Gasteiger partial charge in [-0.1, -0.05) is 18.2 Å². The summed E-state index contributed by atoms with van der Waals surface area (Å²) < 4.78 is 31.8. The normalized spacial score (nSPS) is 16.0. The van der Waals surface area contributed by atoms with Gasteiger partial charge in [-0.2, -0.15) is 4.31 Å². The molecule has 27 heavy (non-hydrogen) atoms. The first-order valence-electron chi connectivity index (χ1n) is 8.82. The van der Waals surface area contributed by atoms with Gasteiger partial charge >= 0.3 is 0 Å². The van der Waals surface area contributed by atoms with E-state index in [2.05, 4.69) is 10.3 Å². The summed E-state index contributed by atoms with van der Waals surface area (Å²) in [5.41, 5.74) is 0.902. The van der Waals surface area contributed by atoms with Crippen LogP contribution in [0.2, 0.25) is 0 Å². The van der Waals surface area contributed by atoms with Crippen molar-refractivity contribution in [3.05, 3.63) is 54.2 Å². The first-order valence-corrected chi connectivity index (χ1v) is 10.3. The lowest BCUT2D eigenvalue weighted by molar-refractivity contribution is -0.126. The van der Waals surface area contributed by atoms with Crippen LogP contribution in [-0.4, -0.2) is 43.8 Å². The molecule has 0 radical (unpaired) electrons. The highest BCUT2D eigenvalue weighted by molar-refractivity contribution is 7.89. The number of amides is 1. The predicted molar refractivity (Wildman–Crippen MR) is 101 cm³/mol. The highest BCUT2D eigenvalue weighted by Crippen LogP contribution is 2.24. The maximum atomic E-state index is 12.6. The molecule has 1 saturated heterocycles. The van der Waals surface area contributed by atoms with Gasteiger partial charge in [0.15, 0.2) is 0 Å². The van der Waals surface area contributed by atoms with Gasteiger partial charge in [-0.25, -0.2) is 13.4 Å². The fourth-order valence-electron chi connectivity index (χ4n) is 3.11. The Hall–Kier alpha value is -2.45. The van der Waals surface area contributed by atoms with Crippen LogP contribution in [0.5, 0.6) is 5.88 Å². The highest BCUT2D eigenvalue weighted by Gasteiger charge is 2.31. The molecule has 1 N–H and O–H groups in total. The van der Waals surface area contributed by atoms with Gasteiger partial charge < -0.3 is 10.1 Å². The van der Waals surface area contributed by atoms with E-state index in [0.29, 0.717) is 43.3 Å². The first kappa shape index (κ1) is 19.3. The van der Waals surface area contributed by atoms with E-state index in [-0.39, 0.29) is 11.8 Å². The van der Waals surface area contributed by atoms with E-state index in [0.717, 1.165) is 5.56 Å². The van der Waals surface area contributed by atoms with Crippen molar-refractivity contribution in [2.24, 2.45) is 5.92 Å². The number of pyridine rings is 1. The van der Waals surface area contributed by atoms with Crippen LogP contribution >= 0.6 is 0 Å². The summed E-state index contributed by atoms with van der Waals surface area (Å²) in [6.07, 6.45) is 2.66. The number of nitrogens with zero attached hydrogens (tertiary/aromatic N) is 2. The van der Waals surface area contributed by atoms with Gasteiger partial charge in [-0.05, 0) is 36.6 Å². The average Bonchev–Trinajstić information content (AvgIpc) is 2.73. The molecule has 1 amide bonds. The number of piperidine rings is 1. The summed E-state index contributed by atoms with van der Waals surface area (Å²) in [5.74, 6) is 0.264. The van der Waals surface area contributed by atoms with Crippen LogP contribution in [0, 0.1) is 5.92 Å². The Balaban J connectivity index is 1.53. The third-order valence-electron chi connectivity index (χ3n) is 4.68. The van der Waals surface area contributed by atoms with Gasteiger partial charge in [0.1, 0.15) is 0 Å². The van der Waals surface area contributed by atoms with Gasteiger partial charge in [0.05, 0.1) is 12.0 Å². The number of hydrogen-bond acceptors (Lipinski definition) is 5. The summed E-state index contributed by atoms with van der Waals surface area (Å²) in [5, 5.41) is 2.92. The molecule has 1 fully saturated rings. The number of carbonyl (C=O) groups is 1. The Morgan fingerprint density at radius 2 is 1.93 bits per heavy atom. The summed E-state index contributed by atoms with van der Waals surface area (Å²) in [6, 6.07) is 12.0. The third kappa shape index (κ3) is 4.64. The van der Waals surface area contributed by atoms with Gasteiger partial charge in [0.2, 0.25) is 21.8 Å². The van der Waals surface area contributed by atoms with E-state index >= 15 is 0 Å². The molecule has 1 aromatic carbocycles. The minimum Gasteiger partial charge on any atom is -0.481 e. The monoisotopic (exact) mass is 389 g/mol. The van der Waals surface area contributed by atoms with Gasteiger partial charge in [0.25, 0.3) is 0 Å². The van der Waals surface area contributed by atoms with Crippen LogP contribution < -0.4 is 10.1 Å². The fourth-order valence-corrected chi connectivity index (χ4v) is 4.60. The number of ether oxygens (including phenoxy) is 1. The smallest absolute Gasteiger partial charge is 0.243 e. The molecule has 7 nitrogen and oxygen atoms in total.